The first-order valence-electron chi connectivity index (χ1n) is 7.50. The van der Waals surface area contributed by atoms with Crippen LogP contribution in [0.3, 0.4) is 0 Å². The Morgan fingerprint density at radius 3 is 2.29 bits per heavy atom. The maximum atomic E-state index is 12.6. The van der Waals surface area contributed by atoms with Crippen LogP contribution in [-0.2, 0) is 10.3 Å². The van der Waals surface area contributed by atoms with Crippen LogP contribution in [0.15, 0.2) is 36.4 Å². The average Bonchev–Trinajstić information content (AvgIpc) is 3.07. The summed E-state index contributed by atoms with van der Waals surface area (Å²) in [5.74, 6) is -1.30. The average molecular weight is 366 g/mol. The SMILES string of the molecule is O=C(O)c1ccc(C(=O)NC2(c3ccc(Cl)cc3)CCOCC2)s1. The second kappa shape index (κ2) is 6.93. The van der Waals surface area contributed by atoms with Crippen LogP contribution in [0.1, 0.15) is 37.7 Å². The van der Waals surface area contributed by atoms with E-state index in [1.807, 2.05) is 12.1 Å². The van der Waals surface area contributed by atoms with Crippen molar-refractivity contribution in [3.05, 3.63) is 56.7 Å². The van der Waals surface area contributed by atoms with E-state index < -0.39 is 11.5 Å². The fourth-order valence-electron chi connectivity index (χ4n) is 2.83. The lowest BCUT2D eigenvalue weighted by molar-refractivity contribution is 0.0346. The number of carbonyl (C=O) groups is 2. The molecule has 2 heterocycles. The molecule has 0 saturated carbocycles. The van der Waals surface area contributed by atoms with Gasteiger partial charge in [0.25, 0.3) is 5.91 Å². The Balaban J connectivity index is 1.87. The summed E-state index contributed by atoms with van der Waals surface area (Å²) in [7, 11) is 0. The van der Waals surface area contributed by atoms with Gasteiger partial charge in [0.1, 0.15) is 4.88 Å². The molecule has 126 valence electrons. The summed E-state index contributed by atoms with van der Waals surface area (Å²) in [5.41, 5.74) is 0.436. The van der Waals surface area contributed by atoms with Gasteiger partial charge in [0.2, 0.25) is 0 Å². The molecule has 7 heteroatoms. The Morgan fingerprint density at radius 2 is 1.71 bits per heavy atom. The van der Waals surface area contributed by atoms with Crippen LogP contribution in [-0.4, -0.2) is 30.2 Å². The van der Waals surface area contributed by atoms with Crippen LogP contribution in [0.25, 0.3) is 0 Å². The van der Waals surface area contributed by atoms with E-state index in [0.717, 1.165) is 16.9 Å². The van der Waals surface area contributed by atoms with E-state index in [1.165, 1.54) is 6.07 Å². The van der Waals surface area contributed by atoms with Gasteiger partial charge in [-0.05, 0) is 42.7 Å². The minimum absolute atomic E-state index is 0.146. The highest BCUT2D eigenvalue weighted by Gasteiger charge is 2.36. The summed E-state index contributed by atoms with van der Waals surface area (Å²) in [6.45, 7) is 1.10. The molecule has 0 radical (unpaired) electrons. The van der Waals surface area contributed by atoms with E-state index in [-0.39, 0.29) is 10.8 Å². The Hall–Kier alpha value is -1.89. The first kappa shape index (κ1) is 17.0. The molecule has 0 spiro atoms. The quantitative estimate of drug-likeness (QED) is 0.869. The van der Waals surface area contributed by atoms with E-state index in [1.54, 1.807) is 18.2 Å². The number of carboxylic acids is 1. The lowest BCUT2D eigenvalue weighted by Gasteiger charge is -2.38. The largest absolute Gasteiger partial charge is 0.477 e. The number of hydrogen-bond acceptors (Lipinski definition) is 4. The fourth-order valence-corrected chi connectivity index (χ4v) is 3.69. The molecule has 1 saturated heterocycles. The van der Waals surface area contributed by atoms with Crippen LogP contribution in [0, 0.1) is 0 Å². The molecule has 1 aliphatic heterocycles. The number of hydrogen-bond donors (Lipinski definition) is 2. The number of halogens is 1. The van der Waals surface area contributed by atoms with E-state index in [4.69, 9.17) is 21.4 Å². The number of aromatic carboxylic acids is 1. The molecular formula is C17H16ClNO4S. The molecule has 1 amide bonds. The Morgan fingerprint density at radius 1 is 1.08 bits per heavy atom. The zero-order valence-corrected chi connectivity index (χ0v) is 14.3. The van der Waals surface area contributed by atoms with Crippen molar-refractivity contribution in [2.45, 2.75) is 18.4 Å². The normalized spacial score (nSPS) is 16.5. The molecule has 0 bridgehead atoms. The van der Waals surface area contributed by atoms with Gasteiger partial charge in [-0.1, -0.05) is 23.7 Å². The first-order valence-corrected chi connectivity index (χ1v) is 8.69. The monoisotopic (exact) mass is 365 g/mol. The predicted molar refractivity (Wildman–Crippen MR) is 91.9 cm³/mol. The predicted octanol–water partition coefficient (Wildman–Crippen LogP) is 3.54. The van der Waals surface area contributed by atoms with Gasteiger partial charge in [0, 0.05) is 18.2 Å². The number of carboxylic acid groups (broad SMARTS) is 1. The Labute approximate surface area is 148 Å². The van der Waals surface area contributed by atoms with Crippen LogP contribution in [0.4, 0.5) is 0 Å². The molecule has 0 unspecified atom stereocenters. The van der Waals surface area contributed by atoms with Gasteiger partial charge < -0.3 is 15.2 Å². The van der Waals surface area contributed by atoms with Crippen molar-refractivity contribution in [2.75, 3.05) is 13.2 Å². The highest BCUT2D eigenvalue weighted by atomic mass is 35.5. The zero-order chi connectivity index (χ0) is 17.2. The van der Waals surface area contributed by atoms with Crippen molar-refractivity contribution in [1.82, 2.24) is 5.32 Å². The van der Waals surface area contributed by atoms with Crippen LogP contribution < -0.4 is 5.32 Å². The van der Waals surface area contributed by atoms with Gasteiger partial charge in [-0.3, -0.25) is 4.79 Å². The van der Waals surface area contributed by atoms with Crippen molar-refractivity contribution in [2.24, 2.45) is 0 Å². The molecule has 1 aliphatic rings. The van der Waals surface area contributed by atoms with Crippen molar-refractivity contribution >= 4 is 34.8 Å². The zero-order valence-electron chi connectivity index (χ0n) is 12.8. The number of nitrogens with one attached hydrogen (secondary N) is 1. The third-order valence-corrected chi connectivity index (χ3v) is 5.46. The molecule has 2 aromatic rings. The first-order chi connectivity index (χ1) is 11.5. The van der Waals surface area contributed by atoms with Crippen LogP contribution in [0.5, 0.6) is 0 Å². The fraction of sp³-hybridized carbons (Fsp3) is 0.294. The molecule has 3 rings (SSSR count). The van der Waals surface area contributed by atoms with E-state index >= 15 is 0 Å². The lowest BCUT2D eigenvalue weighted by Crippen LogP contribution is -2.49. The van der Waals surface area contributed by atoms with Crippen molar-refractivity contribution in [3.63, 3.8) is 0 Å². The third kappa shape index (κ3) is 3.45. The molecule has 2 N–H and O–H groups in total. The van der Waals surface area contributed by atoms with Gasteiger partial charge >= 0.3 is 5.97 Å². The highest BCUT2D eigenvalue weighted by Crippen LogP contribution is 2.33. The number of amides is 1. The van der Waals surface area contributed by atoms with Gasteiger partial charge in [0.05, 0.1) is 10.4 Å². The second-order valence-electron chi connectivity index (χ2n) is 5.62. The molecule has 1 aromatic heterocycles. The Bertz CT molecular complexity index is 750. The smallest absolute Gasteiger partial charge is 0.345 e. The lowest BCUT2D eigenvalue weighted by atomic mass is 9.82. The van der Waals surface area contributed by atoms with Crippen molar-refractivity contribution < 1.29 is 19.4 Å². The minimum atomic E-state index is -1.03. The third-order valence-electron chi connectivity index (χ3n) is 4.14. The maximum Gasteiger partial charge on any atom is 0.345 e. The van der Waals surface area contributed by atoms with Crippen molar-refractivity contribution in [1.29, 1.82) is 0 Å². The van der Waals surface area contributed by atoms with E-state index in [2.05, 4.69) is 5.32 Å². The Kier molecular flexibility index (Phi) is 4.89. The standard InChI is InChI=1S/C17H16ClNO4S/c18-12-3-1-11(2-4-12)17(7-9-23-10-8-17)19-15(20)13-5-6-14(24-13)16(21)22/h1-6H,7-10H2,(H,19,20)(H,21,22). The molecule has 24 heavy (non-hydrogen) atoms. The second-order valence-corrected chi connectivity index (χ2v) is 7.14. The van der Waals surface area contributed by atoms with Gasteiger partial charge in [0.15, 0.2) is 0 Å². The topological polar surface area (TPSA) is 75.6 Å². The van der Waals surface area contributed by atoms with Crippen LogP contribution in [0.2, 0.25) is 5.02 Å². The van der Waals surface area contributed by atoms with Gasteiger partial charge in [-0.25, -0.2) is 4.79 Å². The summed E-state index contributed by atoms with van der Waals surface area (Å²) in [6, 6.07) is 10.4. The number of ether oxygens (including phenoxy) is 1. The minimum Gasteiger partial charge on any atom is -0.477 e. The molecule has 0 aliphatic carbocycles. The summed E-state index contributed by atoms with van der Waals surface area (Å²) in [4.78, 5) is 24.2. The van der Waals surface area contributed by atoms with E-state index in [0.29, 0.717) is 36.0 Å². The molecule has 5 nitrogen and oxygen atoms in total. The molecule has 1 fully saturated rings. The highest BCUT2D eigenvalue weighted by molar-refractivity contribution is 7.15. The van der Waals surface area contributed by atoms with Crippen molar-refractivity contribution in [3.8, 4) is 0 Å². The molecule has 1 aromatic carbocycles. The van der Waals surface area contributed by atoms with Gasteiger partial charge in [-0.15, -0.1) is 11.3 Å². The number of rotatable bonds is 4. The number of carbonyl (C=O) groups excluding carboxylic acids is 1. The summed E-state index contributed by atoms with van der Waals surface area (Å²) in [6.07, 6.45) is 1.30. The molecular weight excluding hydrogens is 350 g/mol. The summed E-state index contributed by atoms with van der Waals surface area (Å²) in [5, 5.41) is 12.7. The number of benzene rings is 1. The van der Waals surface area contributed by atoms with E-state index in [9.17, 15) is 9.59 Å². The summed E-state index contributed by atoms with van der Waals surface area (Å²) < 4.78 is 5.44. The molecule has 0 atom stereocenters. The maximum absolute atomic E-state index is 12.6. The number of thiophene rings is 1. The van der Waals surface area contributed by atoms with Crippen LogP contribution >= 0.6 is 22.9 Å². The summed E-state index contributed by atoms with van der Waals surface area (Å²) >= 11 is 6.93. The van der Waals surface area contributed by atoms with Gasteiger partial charge in [-0.2, -0.15) is 0 Å².